The van der Waals surface area contributed by atoms with Crippen LogP contribution in [-0.4, -0.2) is 37.0 Å². The molecule has 1 aromatic rings. The molecule has 0 radical (unpaired) electrons. The molecular weight excluding hydrogens is 266 g/mol. The lowest BCUT2D eigenvalue weighted by atomic mass is 9.85. The number of nitrogens with one attached hydrogen (secondary N) is 1. The summed E-state index contributed by atoms with van der Waals surface area (Å²) in [6.07, 6.45) is 4.09. The number of hydrazine groups is 1. The Morgan fingerprint density at radius 2 is 2.19 bits per heavy atom. The molecule has 0 aliphatic heterocycles. The number of nitrogens with zero attached hydrogens (tertiary/aromatic N) is 1. The second kappa shape index (κ2) is 8.00. The molecule has 5 nitrogen and oxygen atoms in total. The van der Waals surface area contributed by atoms with E-state index < -0.39 is 0 Å². The van der Waals surface area contributed by atoms with Gasteiger partial charge in [-0.1, -0.05) is 25.5 Å². The predicted octanol–water partition coefficient (Wildman–Crippen LogP) is 1.79. The molecule has 1 aromatic carbocycles. The molecule has 3 N–H and O–H groups in total. The maximum atomic E-state index is 11.7. The molecular formula is C16H25N3O2. The monoisotopic (exact) mass is 291 g/mol. The van der Waals surface area contributed by atoms with Crippen LogP contribution in [0.2, 0.25) is 0 Å². The Balaban J connectivity index is 1.83. The average molecular weight is 291 g/mol. The minimum Gasteiger partial charge on any atom is -0.491 e. The number of carbonyl (C=O) groups excluding carboxylic acids is 1. The van der Waals surface area contributed by atoms with Gasteiger partial charge in [0.1, 0.15) is 12.4 Å². The molecule has 0 unspecified atom stereocenters. The molecule has 1 aliphatic carbocycles. The van der Waals surface area contributed by atoms with Crippen LogP contribution in [-0.2, 0) is 0 Å². The highest BCUT2D eigenvalue weighted by atomic mass is 16.5. The van der Waals surface area contributed by atoms with Crippen molar-refractivity contribution in [2.45, 2.75) is 26.2 Å². The van der Waals surface area contributed by atoms with Gasteiger partial charge in [0.15, 0.2) is 0 Å². The first-order chi connectivity index (χ1) is 10.2. The Morgan fingerprint density at radius 3 is 2.81 bits per heavy atom. The molecule has 0 aromatic heterocycles. The molecule has 116 valence electrons. The topological polar surface area (TPSA) is 67.6 Å². The molecule has 5 heteroatoms. The van der Waals surface area contributed by atoms with E-state index in [-0.39, 0.29) is 5.91 Å². The Bertz CT molecular complexity index is 461. The van der Waals surface area contributed by atoms with Crippen molar-refractivity contribution >= 4 is 5.91 Å². The van der Waals surface area contributed by atoms with Crippen LogP contribution in [0.4, 0.5) is 0 Å². The SMILES string of the molecule is CCN(CCOc1ccccc1C(=O)NN)CC1CCC1. The summed E-state index contributed by atoms with van der Waals surface area (Å²) in [5, 5.41) is 0. The van der Waals surface area contributed by atoms with E-state index in [0.29, 0.717) is 17.9 Å². The highest BCUT2D eigenvalue weighted by Crippen LogP contribution is 2.27. The predicted molar refractivity (Wildman–Crippen MR) is 83.0 cm³/mol. The van der Waals surface area contributed by atoms with Crippen LogP contribution in [0.15, 0.2) is 24.3 Å². The van der Waals surface area contributed by atoms with Gasteiger partial charge in [-0.3, -0.25) is 15.1 Å². The van der Waals surface area contributed by atoms with Crippen LogP contribution < -0.4 is 16.0 Å². The molecule has 1 aliphatic rings. The number of amides is 1. The van der Waals surface area contributed by atoms with E-state index in [9.17, 15) is 4.79 Å². The molecule has 1 saturated carbocycles. The van der Waals surface area contributed by atoms with Crippen LogP contribution in [0.3, 0.4) is 0 Å². The second-order valence-electron chi connectivity index (χ2n) is 5.51. The first-order valence-corrected chi connectivity index (χ1v) is 7.69. The van der Waals surface area contributed by atoms with Crippen molar-refractivity contribution < 1.29 is 9.53 Å². The van der Waals surface area contributed by atoms with Crippen molar-refractivity contribution in [2.75, 3.05) is 26.2 Å². The number of benzene rings is 1. The van der Waals surface area contributed by atoms with Crippen molar-refractivity contribution in [1.82, 2.24) is 10.3 Å². The van der Waals surface area contributed by atoms with Crippen molar-refractivity contribution in [2.24, 2.45) is 11.8 Å². The Kier molecular flexibility index (Phi) is 6.02. The van der Waals surface area contributed by atoms with Crippen molar-refractivity contribution in [1.29, 1.82) is 0 Å². The fourth-order valence-electron chi connectivity index (χ4n) is 2.56. The fraction of sp³-hybridized carbons (Fsp3) is 0.562. The number of rotatable bonds is 8. The third kappa shape index (κ3) is 4.44. The molecule has 0 bridgehead atoms. The van der Waals surface area contributed by atoms with Crippen LogP contribution >= 0.6 is 0 Å². The number of carbonyl (C=O) groups is 1. The second-order valence-corrected chi connectivity index (χ2v) is 5.51. The van der Waals surface area contributed by atoms with Gasteiger partial charge in [0.05, 0.1) is 5.56 Å². The number of nitrogen functional groups attached to an aromatic ring is 1. The van der Waals surface area contributed by atoms with Gasteiger partial charge in [-0.15, -0.1) is 0 Å². The summed E-state index contributed by atoms with van der Waals surface area (Å²) in [5.41, 5.74) is 2.62. The molecule has 1 amide bonds. The number of ether oxygens (including phenoxy) is 1. The van der Waals surface area contributed by atoms with Crippen molar-refractivity contribution in [3.8, 4) is 5.75 Å². The lowest BCUT2D eigenvalue weighted by Gasteiger charge is -2.31. The summed E-state index contributed by atoms with van der Waals surface area (Å²) in [5.74, 6) is 6.30. The van der Waals surface area contributed by atoms with Crippen molar-refractivity contribution in [3.63, 3.8) is 0 Å². The highest BCUT2D eigenvalue weighted by molar-refractivity contribution is 5.96. The lowest BCUT2D eigenvalue weighted by molar-refractivity contribution is 0.0948. The van der Waals surface area contributed by atoms with Gasteiger partial charge in [-0.25, -0.2) is 5.84 Å². The third-order valence-electron chi connectivity index (χ3n) is 4.12. The summed E-state index contributed by atoms with van der Waals surface area (Å²) in [6, 6.07) is 7.16. The van der Waals surface area contributed by atoms with Crippen LogP contribution in [0.1, 0.15) is 36.5 Å². The number of para-hydroxylation sites is 1. The van der Waals surface area contributed by atoms with Crippen LogP contribution in [0.25, 0.3) is 0 Å². The molecule has 0 saturated heterocycles. The molecule has 0 atom stereocenters. The smallest absolute Gasteiger partial charge is 0.268 e. The van der Waals surface area contributed by atoms with Gasteiger partial charge in [-0.05, 0) is 37.4 Å². The minimum absolute atomic E-state index is 0.326. The van der Waals surface area contributed by atoms with Crippen molar-refractivity contribution in [3.05, 3.63) is 29.8 Å². The largest absolute Gasteiger partial charge is 0.491 e. The number of nitrogens with two attached hydrogens (primary N) is 1. The summed E-state index contributed by atoms with van der Waals surface area (Å²) < 4.78 is 5.77. The van der Waals surface area contributed by atoms with Gasteiger partial charge in [0.25, 0.3) is 5.91 Å². The zero-order chi connectivity index (χ0) is 15.1. The van der Waals surface area contributed by atoms with Crippen LogP contribution in [0.5, 0.6) is 5.75 Å². The molecule has 0 spiro atoms. The Hall–Kier alpha value is -1.59. The summed E-state index contributed by atoms with van der Waals surface area (Å²) in [7, 11) is 0. The van der Waals surface area contributed by atoms with Gasteiger partial charge < -0.3 is 4.74 Å². The quantitative estimate of drug-likeness (QED) is 0.435. The number of hydrogen-bond donors (Lipinski definition) is 2. The highest BCUT2D eigenvalue weighted by Gasteiger charge is 2.20. The third-order valence-corrected chi connectivity index (χ3v) is 4.12. The van der Waals surface area contributed by atoms with E-state index in [2.05, 4.69) is 17.2 Å². The molecule has 2 rings (SSSR count). The van der Waals surface area contributed by atoms with Gasteiger partial charge in [-0.2, -0.15) is 0 Å². The average Bonchev–Trinajstić information content (AvgIpc) is 2.48. The van der Waals surface area contributed by atoms with E-state index in [0.717, 1.165) is 25.6 Å². The maximum absolute atomic E-state index is 11.7. The van der Waals surface area contributed by atoms with E-state index >= 15 is 0 Å². The first-order valence-electron chi connectivity index (χ1n) is 7.69. The maximum Gasteiger partial charge on any atom is 0.268 e. The van der Waals surface area contributed by atoms with E-state index in [1.165, 1.54) is 19.3 Å². The van der Waals surface area contributed by atoms with E-state index in [1.807, 2.05) is 6.07 Å². The van der Waals surface area contributed by atoms with Gasteiger partial charge in [0.2, 0.25) is 0 Å². The normalized spacial score (nSPS) is 14.8. The number of likely N-dealkylation sites (N-methyl/N-ethyl adjacent to an activating group) is 1. The van der Waals surface area contributed by atoms with Crippen LogP contribution in [0, 0.1) is 5.92 Å². The Labute approximate surface area is 126 Å². The van der Waals surface area contributed by atoms with E-state index in [4.69, 9.17) is 10.6 Å². The van der Waals surface area contributed by atoms with E-state index in [1.54, 1.807) is 18.2 Å². The Morgan fingerprint density at radius 1 is 1.43 bits per heavy atom. The standard InChI is InChI=1S/C16H25N3O2/c1-2-19(12-13-6-5-7-13)10-11-21-15-9-4-3-8-14(15)16(20)18-17/h3-4,8-9,13H,2,5-7,10-12,17H2,1H3,(H,18,20). The zero-order valence-corrected chi connectivity index (χ0v) is 12.7. The number of hydrogen-bond acceptors (Lipinski definition) is 4. The first kappa shape index (κ1) is 15.8. The van der Waals surface area contributed by atoms with Gasteiger partial charge >= 0.3 is 0 Å². The summed E-state index contributed by atoms with van der Waals surface area (Å²) in [6.45, 7) is 5.82. The summed E-state index contributed by atoms with van der Waals surface area (Å²) >= 11 is 0. The minimum atomic E-state index is -0.326. The molecule has 21 heavy (non-hydrogen) atoms. The lowest BCUT2D eigenvalue weighted by Crippen LogP contribution is -2.35. The molecule has 1 fully saturated rings. The fourth-order valence-corrected chi connectivity index (χ4v) is 2.56. The summed E-state index contributed by atoms with van der Waals surface area (Å²) in [4.78, 5) is 14.1. The van der Waals surface area contributed by atoms with Gasteiger partial charge in [0, 0.05) is 13.1 Å². The molecule has 0 heterocycles. The zero-order valence-electron chi connectivity index (χ0n) is 12.7.